The second-order valence-corrected chi connectivity index (χ2v) is 7.83. The van der Waals surface area contributed by atoms with Crippen LogP contribution in [0.25, 0.3) is 4.96 Å². The van der Waals surface area contributed by atoms with Gasteiger partial charge in [-0.3, -0.25) is 4.40 Å². The van der Waals surface area contributed by atoms with E-state index in [1.165, 1.54) is 15.6 Å². The molecule has 0 aliphatic carbocycles. The fraction of sp³-hybridized carbons (Fsp3) is 0.583. The number of hydrogen-bond donors (Lipinski definition) is 2. The van der Waals surface area contributed by atoms with E-state index in [1.54, 1.807) is 17.6 Å². The maximum Gasteiger partial charge on any atom is 0.262 e. The van der Waals surface area contributed by atoms with Crippen molar-refractivity contribution in [1.29, 1.82) is 0 Å². The lowest BCUT2D eigenvalue weighted by Gasteiger charge is -2.16. The molecule has 1 fully saturated rings. The number of thiazole rings is 1. The first-order chi connectivity index (χ1) is 10.1. The third-order valence-electron chi connectivity index (χ3n) is 3.83. The van der Waals surface area contributed by atoms with Gasteiger partial charge in [-0.1, -0.05) is 0 Å². The van der Waals surface area contributed by atoms with Crippen molar-refractivity contribution in [3.05, 3.63) is 11.6 Å². The zero-order valence-electron chi connectivity index (χ0n) is 11.7. The van der Waals surface area contributed by atoms with Crippen LogP contribution < -0.4 is 5.32 Å². The van der Waals surface area contributed by atoms with Crippen LogP contribution in [0.1, 0.15) is 12.8 Å². The first-order valence-corrected chi connectivity index (χ1v) is 9.14. The molecule has 0 radical (unpaired) electrons. The summed E-state index contributed by atoms with van der Waals surface area (Å²) in [6, 6.07) is 0. The molecule has 2 aromatic heterocycles. The fourth-order valence-electron chi connectivity index (χ4n) is 2.73. The van der Waals surface area contributed by atoms with Crippen LogP contribution in [-0.2, 0) is 10.0 Å². The monoisotopic (exact) mass is 330 g/mol. The number of hydrogen-bond acceptors (Lipinski definition) is 6. The quantitative estimate of drug-likeness (QED) is 0.848. The Labute approximate surface area is 127 Å². The SMILES string of the molecule is CNc1nc2sccn2c1S(=O)(=O)N1CCC(CCO)C1. The van der Waals surface area contributed by atoms with Gasteiger partial charge in [-0.05, 0) is 18.8 Å². The van der Waals surface area contributed by atoms with E-state index in [1.807, 2.05) is 5.38 Å². The highest BCUT2D eigenvalue weighted by molar-refractivity contribution is 7.89. The van der Waals surface area contributed by atoms with E-state index in [9.17, 15) is 8.42 Å². The van der Waals surface area contributed by atoms with Crippen LogP contribution in [-0.4, -0.2) is 54.0 Å². The number of nitrogens with zero attached hydrogens (tertiary/aromatic N) is 3. The molecule has 7 nitrogen and oxygen atoms in total. The molecule has 0 saturated carbocycles. The highest BCUT2D eigenvalue weighted by Gasteiger charge is 2.36. The predicted octanol–water partition coefficient (Wildman–Crippen LogP) is 0.831. The predicted molar refractivity (Wildman–Crippen MR) is 81.2 cm³/mol. The molecule has 9 heteroatoms. The minimum absolute atomic E-state index is 0.0990. The van der Waals surface area contributed by atoms with Crippen molar-refractivity contribution in [3.63, 3.8) is 0 Å². The van der Waals surface area contributed by atoms with E-state index in [2.05, 4.69) is 10.3 Å². The van der Waals surface area contributed by atoms with Gasteiger partial charge in [0.2, 0.25) is 0 Å². The first-order valence-electron chi connectivity index (χ1n) is 6.82. The first kappa shape index (κ1) is 14.8. The van der Waals surface area contributed by atoms with Gasteiger partial charge in [-0.2, -0.15) is 4.31 Å². The average Bonchev–Trinajstić information content (AvgIpc) is 3.12. The van der Waals surface area contributed by atoms with Crippen molar-refractivity contribution < 1.29 is 13.5 Å². The molecule has 21 heavy (non-hydrogen) atoms. The second-order valence-electron chi connectivity index (χ2n) is 5.10. The summed E-state index contributed by atoms with van der Waals surface area (Å²) in [4.78, 5) is 4.97. The Morgan fingerprint density at radius 1 is 1.57 bits per heavy atom. The summed E-state index contributed by atoms with van der Waals surface area (Å²) in [5.74, 6) is 0.612. The van der Waals surface area contributed by atoms with Crippen molar-refractivity contribution >= 4 is 32.1 Å². The lowest BCUT2D eigenvalue weighted by Crippen LogP contribution is -2.30. The maximum atomic E-state index is 12.9. The standard InChI is InChI=1S/C12H18N4O3S2/c1-13-10-11(16-5-7-20-12(16)14-10)21(18,19)15-4-2-9(8-15)3-6-17/h5,7,9,13,17H,2-4,6,8H2,1H3. The number of aromatic nitrogens is 2. The molecule has 2 aromatic rings. The Balaban J connectivity index is 1.99. The van der Waals surface area contributed by atoms with Crippen LogP contribution in [0.15, 0.2) is 16.6 Å². The van der Waals surface area contributed by atoms with Crippen LogP contribution in [0, 0.1) is 5.92 Å². The Bertz CT molecular complexity index is 737. The summed E-state index contributed by atoms with van der Waals surface area (Å²) in [7, 11) is -1.92. The highest BCUT2D eigenvalue weighted by atomic mass is 32.2. The van der Waals surface area contributed by atoms with Crippen LogP contribution in [0.5, 0.6) is 0 Å². The van der Waals surface area contributed by atoms with Gasteiger partial charge in [-0.25, -0.2) is 13.4 Å². The molecule has 3 rings (SSSR count). The van der Waals surface area contributed by atoms with Crippen LogP contribution in [0.2, 0.25) is 0 Å². The lowest BCUT2D eigenvalue weighted by molar-refractivity contribution is 0.259. The number of rotatable bonds is 5. The van der Waals surface area contributed by atoms with Crippen molar-refractivity contribution in [3.8, 4) is 0 Å². The molecule has 116 valence electrons. The van der Waals surface area contributed by atoms with Crippen molar-refractivity contribution in [2.45, 2.75) is 17.9 Å². The number of sulfonamides is 1. The summed E-state index contributed by atoms with van der Waals surface area (Å²) < 4.78 is 28.9. The summed E-state index contributed by atoms with van der Waals surface area (Å²) >= 11 is 1.40. The van der Waals surface area contributed by atoms with Crippen LogP contribution in [0.4, 0.5) is 5.82 Å². The minimum Gasteiger partial charge on any atom is -0.396 e. The van der Waals surface area contributed by atoms with Crippen LogP contribution in [0.3, 0.4) is 0 Å². The Morgan fingerprint density at radius 3 is 3.10 bits per heavy atom. The van der Waals surface area contributed by atoms with E-state index < -0.39 is 10.0 Å². The van der Waals surface area contributed by atoms with Crippen molar-refractivity contribution in [2.24, 2.45) is 5.92 Å². The molecule has 2 N–H and O–H groups in total. The largest absolute Gasteiger partial charge is 0.396 e. The molecule has 1 atom stereocenters. The summed E-state index contributed by atoms with van der Waals surface area (Å²) in [5, 5.41) is 13.9. The number of nitrogens with one attached hydrogen (secondary N) is 1. The average molecular weight is 330 g/mol. The Hall–Kier alpha value is -1.16. The minimum atomic E-state index is -3.59. The number of aliphatic hydroxyl groups excluding tert-OH is 1. The van der Waals surface area contributed by atoms with Gasteiger partial charge in [0.25, 0.3) is 10.0 Å². The topological polar surface area (TPSA) is 86.9 Å². The van der Waals surface area contributed by atoms with Crippen molar-refractivity contribution in [1.82, 2.24) is 13.7 Å². The molecule has 0 bridgehead atoms. The summed E-state index contributed by atoms with van der Waals surface area (Å²) in [5.41, 5.74) is 0. The number of anilines is 1. The van der Waals surface area contributed by atoms with Gasteiger partial charge < -0.3 is 10.4 Å². The van der Waals surface area contributed by atoms with Gasteiger partial charge in [-0.15, -0.1) is 11.3 Å². The number of aliphatic hydroxyl groups is 1. The highest BCUT2D eigenvalue weighted by Crippen LogP contribution is 2.31. The van der Waals surface area contributed by atoms with Crippen molar-refractivity contribution in [2.75, 3.05) is 32.1 Å². The normalized spacial score (nSPS) is 20.4. The fourth-order valence-corrected chi connectivity index (χ4v) is 5.29. The molecule has 0 aromatic carbocycles. The zero-order chi connectivity index (χ0) is 15.0. The van der Waals surface area contributed by atoms with Gasteiger partial charge in [0.05, 0.1) is 0 Å². The zero-order valence-corrected chi connectivity index (χ0v) is 13.3. The van der Waals surface area contributed by atoms with Gasteiger partial charge >= 0.3 is 0 Å². The maximum absolute atomic E-state index is 12.9. The third-order valence-corrected chi connectivity index (χ3v) is 6.47. The molecule has 1 aliphatic rings. The summed E-state index contributed by atoms with van der Waals surface area (Å²) in [6.45, 7) is 1.05. The van der Waals surface area contributed by atoms with Crippen LogP contribution >= 0.6 is 11.3 Å². The van der Waals surface area contributed by atoms with E-state index in [0.717, 1.165) is 6.42 Å². The number of imidazole rings is 1. The molecule has 1 unspecified atom stereocenters. The second kappa shape index (κ2) is 5.56. The molecule has 3 heterocycles. The molecule has 1 saturated heterocycles. The van der Waals surface area contributed by atoms with Gasteiger partial charge in [0.1, 0.15) is 0 Å². The molecular formula is C12H18N4O3S2. The molecule has 1 aliphatic heterocycles. The molecule has 0 amide bonds. The van der Waals surface area contributed by atoms with E-state index in [4.69, 9.17) is 5.11 Å². The Morgan fingerprint density at radius 2 is 2.38 bits per heavy atom. The lowest BCUT2D eigenvalue weighted by atomic mass is 10.1. The summed E-state index contributed by atoms with van der Waals surface area (Å²) in [6.07, 6.45) is 3.16. The Kier molecular flexibility index (Phi) is 3.91. The van der Waals surface area contributed by atoms with E-state index >= 15 is 0 Å². The van der Waals surface area contributed by atoms with E-state index in [-0.39, 0.29) is 17.6 Å². The van der Waals surface area contributed by atoms with E-state index in [0.29, 0.717) is 30.3 Å². The molecule has 0 spiro atoms. The molecular weight excluding hydrogens is 312 g/mol. The smallest absolute Gasteiger partial charge is 0.262 e. The number of fused-ring (bicyclic) bond motifs is 1. The van der Waals surface area contributed by atoms with Gasteiger partial charge in [0, 0.05) is 38.3 Å². The third kappa shape index (κ3) is 2.44. The van der Waals surface area contributed by atoms with Gasteiger partial charge in [0.15, 0.2) is 15.8 Å².